The SMILES string of the molecule is CSCCC(NC(=O)c1ccc(C(O)c2ccncc2)cc1-c1ccccc1)C(=O)O.[Na+]. The van der Waals surface area contributed by atoms with Gasteiger partial charge in [-0.25, -0.2) is 4.79 Å². The number of rotatable bonds is 9. The Labute approximate surface area is 213 Å². The van der Waals surface area contributed by atoms with Gasteiger partial charge in [-0.2, -0.15) is 11.8 Å². The molecule has 0 radical (unpaired) electrons. The molecule has 0 spiro atoms. The van der Waals surface area contributed by atoms with E-state index in [9.17, 15) is 19.8 Å². The normalized spacial score (nSPS) is 12.3. The van der Waals surface area contributed by atoms with Crippen molar-refractivity contribution in [3.05, 3.63) is 89.7 Å². The van der Waals surface area contributed by atoms with Crippen LogP contribution in [0.1, 0.15) is 34.0 Å². The van der Waals surface area contributed by atoms with Crippen molar-refractivity contribution >= 4 is 23.6 Å². The molecule has 0 aliphatic heterocycles. The number of hydrogen-bond acceptors (Lipinski definition) is 5. The molecular formula is C24H24N2NaO4S+. The second-order valence-corrected chi connectivity index (χ2v) is 7.99. The summed E-state index contributed by atoms with van der Waals surface area (Å²) in [7, 11) is 0. The molecule has 8 heteroatoms. The first-order valence-electron chi connectivity index (χ1n) is 9.81. The van der Waals surface area contributed by atoms with E-state index in [0.717, 1.165) is 5.56 Å². The van der Waals surface area contributed by atoms with Gasteiger partial charge in [0.25, 0.3) is 5.91 Å². The molecule has 3 aromatic rings. The second kappa shape index (κ2) is 12.8. The maximum absolute atomic E-state index is 13.0. The molecule has 32 heavy (non-hydrogen) atoms. The second-order valence-electron chi connectivity index (χ2n) is 7.00. The first-order valence-corrected chi connectivity index (χ1v) is 11.2. The molecule has 6 nitrogen and oxygen atoms in total. The van der Waals surface area contributed by atoms with Crippen LogP contribution in [0.2, 0.25) is 0 Å². The van der Waals surface area contributed by atoms with Gasteiger partial charge in [-0.15, -0.1) is 0 Å². The fraction of sp³-hybridized carbons (Fsp3) is 0.208. The molecule has 1 heterocycles. The van der Waals surface area contributed by atoms with Gasteiger partial charge in [-0.05, 0) is 64.9 Å². The van der Waals surface area contributed by atoms with Crippen molar-refractivity contribution in [1.29, 1.82) is 0 Å². The van der Waals surface area contributed by atoms with Crippen molar-refractivity contribution in [2.24, 2.45) is 0 Å². The molecule has 0 aliphatic rings. The molecule has 3 rings (SSSR count). The van der Waals surface area contributed by atoms with Gasteiger partial charge in [-0.1, -0.05) is 36.4 Å². The van der Waals surface area contributed by atoms with E-state index >= 15 is 0 Å². The van der Waals surface area contributed by atoms with Gasteiger partial charge in [0.15, 0.2) is 0 Å². The van der Waals surface area contributed by atoms with Crippen molar-refractivity contribution in [2.45, 2.75) is 18.6 Å². The fourth-order valence-electron chi connectivity index (χ4n) is 3.25. The van der Waals surface area contributed by atoms with E-state index in [1.807, 2.05) is 36.6 Å². The first-order chi connectivity index (χ1) is 15.0. The van der Waals surface area contributed by atoms with E-state index in [2.05, 4.69) is 10.3 Å². The predicted octanol–water partition coefficient (Wildman–Crippen LogP) is 0.770. The third-order valence-corrected chi connectivity index (χ3v) is 5.57. The summed E-state index contributed by atoms with van der Waals surface area (Å²) in [4.78, 5) is 28.6. The topological polar surface area (TPSA) is 99.5 Å². The molecule has 2 aromatic carbocycles. The zero-order valence-electron chi connectivity index (χ0n) is 18.1. The predicted molar refractivity (Wildman–Crippen MR) is 122 cm³/mol. The van der Waals surface area contributed by atoms with Crippen LogP contribution < -0.4 is 34.9 Å². The van der Waals surface area contributed by atoms with E-state index in [0.29, 0.717) is 34.4 Å². The van der Waals surface area contributed by atoms with Gasteiger partial charge in [0, 0.05) is 18.0 Å². The summed E-state index contributed by atoms with van der Waals surface area (Å²) in [5.74, 6) is -0.898. The quantitative estimate of drug-likeness (QED) is 0.409. The Kier molecular flexibility index (Phi) is 10.4. The molecule has 0 fully saturated rings. The maximum Gasteiger partial charge on any atom is 1.00 e. The summed E-state index contributed by atoms with van der Waals surface area (Å²) in [6.07, 6.45) is 4.57. The van der Waals surface area contributed by atoms with Crippen LogP contribution >= 0.6 is 11.8 Å². The third kappa shape index (κ3) is 6.67. The average molecular weight is 460 g/mol. The number of carboxylic acid groups (broad SMARTS) is 1. The number of thioether (sulfide) groups is 1. The Morgan fingerprint density at radius 3 is 2.34 bits per heavy atom. The largest absolute Gasteiger partial charge is 1.00 e. The number of carbonyl (C=O) groups excluding carboxylic acids is 1. The van der Waals surface area contributed by atoms with E-state index in [4.69, 9.17) is 0 Å². The molecule has 0 bridgehead atoms. The van der Waals surface area contributed by atoms with Crippen molar-refractivity contribution < 1.29 is 49.4 Å². The Bertz CT molecular complexity index is 1030. The van der Waals surface area contributed by atoms with Crippen LogP contribution in [0.4, 0.5) is 0 Å². The number of aliphatic carboxylic acids is 1. The minimum atomic E-state index is -1.06. The van der Waals surface area contributed by atoms with Crippen LogP contribution in [0.3, 0.4) is 0 Å². The summed E-state index contributed by atoms with van der Waals surface area (Å²) in [5, 5.41) is 22.9. The van der Waals surface area contributed by atoms with Gasteiger partial charge in [0.05, 0.1) is 0 Å². The smallest absolute Gasteiger partial charge is 0.480 e. The summed E-state index contributed by atoms with van der Waals surface area (Å²) < 4.78 is 0. The number of nitrogens with one attached hydrogen (secondary N) is 1. The summed E-state index contributed by atoms with van der Waals surface area (Å²) >= 11 is 1.53. The fourth-order valence-corrected chi connectivity index (χ4v) is 3.73. The number of carbonyl (C=O) groups is 2. The summed E-state index contributed by atoms with van der Waals surface area (Å²) in [5.41, 5.74) is 3.09. The molecule has 160 valence electrons. The van der Waals surface area contributed by atoms with Crippen molar-refractivity contribution in [1.82, 2.24) is 10.3 Å². The number of pyridine rings is 1. The minimum absolute atomic E-state index is 0. The van der Waals surface area contributed by atoms with Gasteiger partial charge >= 0.3 is 35.5 Å². The number of hydrogen-bond donors (Lipinski definition) is 3. The van der Waals surface area contributed by atoms with Crippen molar-refractivity contribution in [3.63, 3.8) is 0 Å². The number of carboxylic acids is 1. The van der Waals surface area contributed by atoms with E-state index in [-0.39, 0.29) is 29.6 Å². The van der Waals surface area contributed by atoms with Crippen molar-refractivity contribution in [3.8, 4) is 11.1 Å². The third-order valence-electron chi connectivity index (χ3n) is 4.92. The van der Waals surface area contributed by atoms with Crippen LogP contribution in [-0.2, 0) is 4.79 Å². The number of benzene rings is 2. The van der Waals surface area contributed by atoms with Crippen LogP contribution in [0.5, 0.6) is 0 Å². The van der Waals surface area contributed by atoms with E-state index in [1.165, 1.54) is 11.8 Å². The molecule has 1 aromatic heterocycles. The zero-order chi connectivity index (χ0) is 22.2. The molecule has 1 amide bonds. The minimum Gasteiger partial charge on any atom is -0.480 e. The van der Waals surface area contributed by atoms with Gasteiger partial charge in [-0.3, -0.25) is 9.78 Å². The number of aromatic nitrogens is 1. The summed E-state index contributed by atoms with van der Waals surface area (Å²) in [6, 6.07) is 16.9. The van der Waals surface area contributed by atoms with Crippen molar-refractivity contribution in [2.75, 3.05) is 12.0 Å². The molecule has 2 unspecified atom stereocenters. The standard InChI is InChI=1S/C24H24N2O4S.Na/c1-31-14-11-21(24(29)30)26-23(28)19-8-7-18(22(27)17-9-12-25-13-10-17)15-20(19)16-5-3-2-4-6-16;/h2-10,12-13,15,21-22,27H,11,14H2,1H3,(H,26,28)(H,29,30);/q;+1. The number of amides is 1. The Morgan fingerprint density at radius 1 is 1.03 bits per heavy atom. The first kappa shape index (κ1) is 26.1. The molecule has 0 saturated heterocycles. The molecule has 0 aliphatic carbocycles. The van der Waals surface area contributed by atoms with E-state index in [1.54, 1.807) is 42.7 Å². The van der Waals surface area contributed by atoms with E-state index < -0.39 is 24.0 Å². The van der Waals surface area contributed by atoms with Gasteiger partial charge < -0.3 is 15.5 Å². The van der Waals surface area contributed by atoms with Crippen LogP contribution in [0.25, 0.3) is 11.1 Å². The zero-order valence-corrected chi connectivity index (χ0v) is 20.9. The average Bonchev–Trinajstić information content (AvgIpc) is 2.81. The van der Waals surface area contributed by atoms with Crippen LogP contribution in [0, 0.1) is 0 Å². The van der Waals surface area contributed by atoms with Crippen LogP contribution in [-0.4, -0.2) is 45.1 Å². The monoisotopic (exact) mass is 459 g/mol. The Morgan fingerprint density at radius 2 is 1.72 bits per heavy atom. The summed E-state index contributed by atoms with van der Waals surface area (Å²) in [6.45, 7) is 0. The molecule has 2 atom stereocenters. The van der Waals surface area contributed by atoms with Gasteiger partial charge in [0.1, 0.15) is 12.1 Å². The van der Waals surface area contributed by atoms with Gasteiger partial charge in [0.2, 0.25) is 0 Å². The maximum atomic E-state index is 13.0. The molecule has 3 N–H and O–H groups in total. The molecule has 0 saturated carbocycles. The Hall–Kier alpha value is -2.16. The number of nitrogens with zero attached hydrogens (tertiary/aromatic N) is 1. The number of aliphatic hydroxyl groups is 1. The molecular weight excluding hydrogens is 435 g/mol. The Balaban J connectivity index is 0.00000363. The van der Waals surface area contributed by atoms with Crippen LogP contribution in [0.15, 0.2) is 73.1 Å². The number of aliphatic hydroxyl groups excluding tert-OH is 1.